The first-order chi connectivity index (χ1) is 17.0. The van der Waals surface area contributed by atoms with E-state index in [1.807, 2.05) is 65.8 Å². The summed E-state index contributed by atoms with van der Waals surface area (Å²) >= 11 is 0. The van der Waals surface area contributed by atoms with Gasteiger partial charge in [0.25, 0.3) is 5.91 Å². The molecule has 2 rings (SSSR count). The van der Waals surface area contributed by atoms with E-state index < -0.39 is 0 Å². The Hall–Kier alpha value is -2.30. The Morgan fingerprint density at radius 2 is 1.63 bits per heavy atom. The van der Waals surface area contributed by atoms with Gasteiger partial charge in [0.2, 0.25) is 6.41 Å². The third-order valence-corrected chi connectivity index (χ3v) is 5.83. The highest BCUT2D eigenvalue weighted by Crippen LogP contribution is 2.29. The number of nitrogens with zero attached hydrogens (tertiary/aromatic N) is 1. The minimum absolute atomic E-state index is 0.0788. The molecule has 0 aromatic heterocycles. The van der Waals surface area contributed by atoms with Crippen LogP contribution in [0.25, 0.3) is 0 Å². The topological polar surface area (TPSA) is 61.4 Å². The third kappa shape index (κ3) is 15.3. The summed E-state index contributed by atoms with van der Waals surface area (Å²) in [5.74, 6) is 1.05. The van der Waals surface area contributed by atoms with Gasteiger partial charge >= 0.3 is 0 Å². The second kappa shape index (κ2) is 23.4. The van der Waals surface area contributed by atoms with Crippen molar-refractivity contribution in [3.63, 3.8) is 0 Å². The van der Waals surface area contributed by atoms with E-state index in [0.717, 1.165) is 30.9 Å². The first kappa shape index (κ1) is 34.9. The highest BCUT2D eigenvalue weighted by Gasteiger charge is 2.19. The lowest BCUT2D eigenvalue weighted by Crippen LogP contribution is -2.38. The van der Waals surface area contributed by atoms with Crippen molar-refractivity contribution in [2.45, 2.75) is 114 Å². The number of rotatable bonds is 12. The monoisotopic (exact) mass is 489 g/mol. The lowest BCUT2D eigenvalue weighted by molar-refractivity contribution is -0.127. The molecule has 35 heavy (non-hydrogen) atoms. The Kier molecular flexibility index (Phi) is 23.4. The van der Waals surface area contributed by atoms with E-state index in [9.17, 15) is 9.59 Å². The summed E-state index contributed by atoms with van der Waals surface area (Å²) in [5.41, 5.74) is 3.26. The first-order valence-corrected chi connectivity index (χ1v) is 14.0. The molecule has 0 aliphatic heterocycles. The van der Waals surface area contributed by atoms with E-state index in [1.54, 1.807) is 11.8 Å². The average molecular weight is 490 g/mol. The fourth-order valence-electron chi connectivity index (χ4n) is 3.53. The van der Waals surface area contributed by atoms with Crippen LogP contribution in [0.2, 0.25) is 0 Å². The maximum atomic E-state index is 12.8. The lowest BCUT2D eigenvalue weighted by atomic mass is 9.82. The average Bonchev–Trinajstić information content (AvgIpc) is 2.86. The van der Waals surface area contributed by atoms with Crippen LogP contribution in [0.3, 0.4) is 0 Å². The zero-order valence-corrected chi connectivity index (χ0v) is 24.3. The van der Waals surface area contributed by atoms with E-state index in [1.165, 1.54) is 37.7 Å². The summed E-state index contributed by atoms with van der Waals surface area (Å²) in [7, 11) is 0. The molecule has 1 fully saturated rings. The molecule has 2 amide bonds. The fraction of sp³-hybridized carbons (Fsp3) is 0.667. The van der Waals surface area contributed by atoms with Gasteiger partial charge in [-0.15, -0.1) is 0 Å². The standard InChI is InChI=1S/C19H29N3O2.C7H14.2C2H6/c1-5-7-12-22(6-2)19(24)18(16(4)21-14-23)20-13-17-10-8-15(3)9-11-17;1-2-4-7-5-3-6-7;2*1-2/h8-11,14,20H,5-7,12-13H2,1-4H3,(H,21,23);7H,2-6H2,1H3;2*1-2H3/b18-16+;;;. The Bertz CT molecular complexity index is 679. The summed E-state index contributed by atoms with van der Waals surface area (Å²) in [6.07, 6.45) is 10.0. The summed E-state index contributed by atoms with van der Waals surface area (Å²) in [6, 6.07) is 8.14. The van der Waals surface area contributed by atoms with Crippen LogP contribution < -0.4 is 10.6 Å². The maximum Gasteiger partial charge on any atom is 0.271 e. The van der Waals surface area contributed by atoms with E-state index in [-0.39, 0.29) is 5.91 Å². The lowest BCUT2D eigenvalue weighted by Gasteiger charge is -2.24. The smallest absolute Gasteiger partial charge is 0.271 e. The summed E-state index contributed by atoms with van der Waals surface area (Å²) < 4.78 is 0. The number of unbranched alkanes of at least 4 members (excludes halogenated alkanes) is 1. The zero-order chi connectivity index (χ0) is 27.1. The summed E-state index contributed by atoms with van der Waals surface area (Å²) in [6.45, 7) is 20.0. The van der Waals surface area contributed by atoms with Crippen molar-refractivity contribution in [2.24, 2.45) is 5.92 Å². The predicted octanol–water partition coefficient (Wildman–Crippen LogP) is 7.35. The Morgan fingerprint density at radius 3 is 2.03 bits per heavy atom. The Morgan fingerprint density at radius 1 is 1.03 bits per heavy atom. The van der Waals surface area contributed by atoms with Crippen LogP contribution in [0.5, 0.6) is 0 Å². The van der Waals surface area contributed by atoms with Crippen molar-refractivity contribution in [3.05, 3.63) is 46.8 Å². The van der Waals surface area contributed by atoms with Gasteiger partial charge in [-0.2, -0.15) is 0 Å². The summed E-state index contributed by atoms with van der Waals surface area (Å²) in [4.78, 5) is 25.4. The molecule has 0 unspecified atom stereocenters. The van der Waals surface area contributed by atoms with E-state index in [4.69, 9.17) is 0 Å². The molecule has 1 aliphatic rings. The van der Waals surface area contributed by atoms with Gasteiger partial charge in [-0.1, -0.05) is 110 Å². The van der Waals surface area contributed by atoms with Gasteiger partial charge in [-0.25, -0.2) is 0 Å². The molecule has 0 spiro atoms. The Balaban J connectivity index is 0. The van der Waals surface area contributed by atoms with E-state index in [2.05, 4.69) is 24.5 Å². The number of hydrogen-bond donors (Lipinski definition) is 2. The number of amides is 2. The second-order valence-corrected chi connectivity index (χ2v) is 8.43. The minimum Gasteiger partial charge on any atom is -0.375 e. The SMILES string of the molecule is CC.CC.CCCC1CCC1.CCCCN(CC)C(=O)/C(NCc1ccc(C)cc1)=C(/C)NC=O. The molecule has 5 nitrogen and oxygen atoms in total. The predicted molar refractivity (Wildman–Crippen MR) is 152 cm³/mol. The van der Waals surface area contributed by atoms with Crippen molar-refractivity contribution < 1.29 is 9.59 Å². The molecule has 1 aromatic carbocycles. The number of carbonyl (C=O) groups is 2. The van der Waals surface area contributed by atoms with Crippen LogP contribution in [0.15, 0.2) is 35.7 Å². The highest BCUT2D eigenvalue weighted by molar-refractivity contribution is 5.93. The quantitative estimate of drug-likeness (QED) is 0.238. The van der Waals surface area contributed by atoms with Gasteiger partial charge in [0, 0.05) is 25.3 Å². The van der Waals surface area contributed by atoms with Gasteiger partial charge in [0.15, 0.2) is 0 Å². The molecule has 0 atom stereocenters. The van der Waals surface area contributed by atoms with Crippen molar-refractivity contribution in [1.29, 1.82) is 0 Å². The van der Waals surface area contributed by atoms with Crippen LogP contribution in [-0.4, -0.2) is 30.3 Å². The molecule has 1 aliphatic carbocycles. The summed E-state index contributed by atoms with van der Waals surface area (Å²) in [5, 5.41) is 5.79. The number of allylic oxidation sites excluding steroid dienone is 1. The normalized spacial score (nSPS) is 12.6. The van der Waals surface area contributed by atoms with Crippen LogP contribution in [0.4, 0.5) is 0 Å². The second-order valence-electron chi connectivity index (χ2n) is 8.43. The molecule has 1 saturated carbocycles. The number of aryl methyl sites for hydroxylation is 1. The van der Waals surface area contributed by atoms with Gasteiger partial charge in [-0.05, 0) is 38.7 Å². The molecular formula is C30H55N3O2. The van der Waals surface area contributed by atoms with Crippen molar-refractivity contribution >= 4 is 12.3 Å². The van der Waals surface area contributed by atoms with Crippen molar-refractivity contribution in [3.8, 4) is 0 Å². The van der Waals surface area contributed by atoms with Crippen LogP contribution in [0, 0.1) is 12.8 Å². The molecule has 202 valence electrons. The number of hydrogen-bond acceptors (Lipinski definition) is 3. The molecule has 1 aromatic rings. The van der Waals surface area contributed by atoms with Gasteiger partial charge < -0.3 is 15.5 Å². The van der Waals surface area contributed by atoms with Gasteiger partial charge in [0.1, 0.15) is 5.70 Å². The van der Waals surface area contributed by atoms with Crippen molar-refractivity contribution in [2.75, 3.05) is 13.1 Å². The molecule has 2 N–H and O–H groups in total. The third-order valence-electron chi connectivity index (χ3n) is 5.83. The molecule has 0 saturated heterocycles. The minimum atomic E-state index is -0.0788. The Labute approximate surface area is 217 Å². The number of nitrogens with one attached hydrogen (secondary N) is 2. The van der Waals surface area contributed by atoms with E-state index >= 15 is 0 Å². The van der Waals surface area contributed by atoms with Gasteiger partial charge in [0.05, 0.1) is 0 Å². The molecule has 0 heterocycles. The fourth-order valence-corrected chi connectivity index (χ4v) is 3.53. The first-order valence-electron chi connectivity index (χ1n) is 14.0. The van der Waals surface area contributed by atoms with E-state index in [0.29, 0.717) is 30.9 Å². The van der Waals surface area contributed by atoms with Crippen LogP contribution in [0.1, 0.15) is 111 Å². The number of carbonyl (C=O) groups excluding carboxylic acids is 2. The highest BCUT2D eigenvalue weighted by atomic mass is 16.2. The molecule has 5 heteroatoms. The molecular weight excluding hydrogens is 434 g/mol. The van der Waals surface area contributed by atoms with Crippen molar-refractivity contribution in [1.82, 2.24) is 15.5 Å². The zero-order valence-electron chi connectivity index (χ0n) is 24.3. The largest absolute Gasteiger partial charge is 0.375 e. The number of likely N-dealkylation sites (N-methyl/N-ethyl adjacent to an activating group) is 1. The maximum absolute atomic E-state index is 12.8. The number of benzene rings is 1. The molecule has 0 bridgehead atoms. The van der Waals surface area contributed by atoms with Crippen LogP contribution >= 0.6 is 0 Å². The molecule has 0 radical (unpaired) electrons. The van der Waals surface area contributed by atoms with Crippen LogP contribution in [-0.2, 0) is 16.1 Å². The van der Waals surface area contributed by atoms with Gasteiger partial charge in [-0.3, -0.25) is 9.59 Å².